The van der Waals surface area contributed by atoms with E-state index < -0.39 is 17.1 Å². The molecule has 104 valence electrons. The lowest BCUT2D eigenvalue weighted by Gasteiger charge is -2.13. The van der Waals surface area contributed by atoms with Gasteiger partial charge in [-0.3, -0.25) is 14.9 Å². The average molecular weight is 333 g/mol. The molecule has 0 aromatic heterocycles. The highest BCUT2D eigenvalue weighted by Gasteiger charge is 2.16. The number of ether oxygens (including phenoxy) is 2. The third kappa shape index (κ3) is 4.27. The number of rotatable bonds is 6. The smallest absolute Gasteiger partial charge is 0.284 e. The molecular formula is C11H13BrN2O5. The Labute approximate surface area is 118 Å². The Morgan fingerprint density at radius 1 is 1.47 bits per heavy atom. The summed E-state index contributed by atoms with van der Waals surface area (Å²) in [6.45, 7) is 0.149. The Kier molecular flexibility index (Phi) is 5.87. The summed E-state index contributed by atoms with van der Waals surface area (Å²) in [5.74, 6) is -0.435. The van der Waals surface area contributed by atoms with Crippen LogP contribution in [0.5, 0.6) is 0 Å². The number of nitro benzene ring substituents is 1. The van der Waals surface area contributed by atoms with E-state index in [9.17, 15) is 14.9 Å². The fourth-order valence-electron chi connectivity index (χ4n) is 1.33. The van der Waals surface area contributed by atoms with Gasteiger partial charge in [0.25, 0.3) is 11.6 Å². The van der Waals surface area contributed by atoms with E-state index in [2.05, 4.69) is 21.2 Å². The third-order valence-corrected chi connectivity index (χ3v) is 3.03. The highest BCUT2D eigenvalue weighted by Crippen LogP contribution is 2.25. The van der Waals surface area contributed by atoms with Gasteiger partial charge in [0.15, 0.2) is 6.29 Å². The van der Waals surface area contributed by atoms with Crippen molar-refractivity contribution < 1.29 is 19.2 Å². The summed E-state index contributed by atoms with van der Waals surface area (Å²) in [6, 6.07) is 4.15. The molecule has 0 spiro atoms. The lowest BCUT2D eigenvalue weighted by Crippen LogP contribution is -2.34. The van der Waals surface area contributed by atoms with Gasteiger partial charge < -0.3 is 14.8 Å². The second-order valence-corrected chi connectivity index (χ2v) is 4.39. The Balaban J connectivity index is 2.77. The molecule has 1 rings (SSSR count). The zero-order valence-corrected chi connectivity index (χ0v) is 12.0. The van der Waals surface area contributed by atoms with Gasteiger partial charge in [-0.1, -0.05) is 0 Å². The predicted octanol–water partition coefficient (Wildman–Crippen LogP) is 1.71. The predicted molar refractivity (Wildman–Crippen MR) is 70.9 cm³/mol. The van der Waals surface area contributed by atoms with E-state index in [0.29, 0.717) is 4.47 Å². The highest BCUT2D eigenvalue weighted by molar-refractivity contribution is 9.10. The average Bonchev–Trinajstić information content (AvgIpc) is 2.39. The molecule has 0 saturated carbocycles. The lowest BCUT2D eigenvalue weighted by molar-refractivity contribution is -0.385. The first-order valence-electron chi connectivity index (χ1n) is 5.27. The number of hydrogen-bond acceptors (Lipinski definition) is 5. The van der Waals surface area contributed by atoms with E-state index >= 15 is 0 Å². The molecule has 1 N–H and O–H groups in total. The maximum Gasteiger partial charge on any atom is 0.284 e. The minimum absolute atomic E-state index is 0.149. The summed E-state index contributed by atoms with van der Waals surface area (Å²) < 4.78 is 10.1. The number of nitro groups is 1. The normalized spacial score (nSPS) is 10.5. The molecule has 0 atom stereocenters. The molecule has 0 fully saturated rings. The molecule has 0 radical (unpaired) electrons. The third-order valence-electron chi connectivity index (χ3n) is 2.36. The Hall–Kier alpha value is -1.51. The largest absolute Gasteiger partial charge is 0.354 e. The Bertz CT molecular complexity index is 476. The van der Waals surface area contributed by atoms with Crippen LogP contribution < -0.4 is 5.32 Å². The van der Waals surface area contributed by atoms with Gasteiger partial charge >= 0.3 is 0 Å². The van der Waals surface area contributed by atoms with Crippen molar-refractivity contribution in [1.82, 2.24) is 5.32 Å². The summed E-state index contributed by atoms with van der Waals surface area (Å²) in [5.41, 5.74) is 0.0311. The number of hydrogen-bond donors (Lipinski definition) is 1. The first kappa shape index (κ1) is 15.5. The molecule has 0 heterocycles. The van der Waals surface area contributed by atoms with Gasteiger partial charge in [0, 0.05) is 25.8 Å². The van der Waals surface area contributed by atoms with Crippen LogP contribution in [-0.4, -0.2) is 37.9 Å². The van der Waals surface area contributed by atoms with Crippen molar-refractivity contribution in [2.75, 3.05) is 20.8 Å². The van der Waals surface area contributed by atoms with Gasteiger partial charge in [-0.25, -0.2) is 0 Å². The molecule has 0 aliphatic rings. The summed E-state index contributed by atoms with van der Waals surface area (Å²) >= 11 is 3.05. The molecule has 1 amide bonds. The number of nitrogens with zero attached hydrogens (tertiary/aromatic N) is 1. The van der Waals surface area contributed by atoms with Crippen LogP contribution in [0.25, 0.3) is 0 Å². The molecule has 0 aliphatic carbocycles. The number of halogens is 1. The lowest BCUT2D eigenvalue weighted by atomic mass is 10.2. The quantitative estimate of drug-likeness (QED) is 0.486. The maximum absolute atomic E-state index is 11.8. The number of methoxy groups -OCH3 is 2. The van der Waals surface area contributed by atoms with Crippen molar-refractivity contribution in [2.24, 2.45) is 0 Å². The monoisotopic (exact) mass is 332 g/mol. The summed E-state index contributed by atoms with van der Waals surface area (Å²) in [4.78, 5) is 22.0. The number of carbonyl (C=O) groups excluding carboxylic acids is 1. The molecule has 0 aliphatic heterocycles. The van der Waals surface area contributed by atoms with E-state index in [-0.39, 0.29) is 17.8 Å². The molecule has 1 aromatic rings. The minimum atomic E-state index is -0.562. The molecule has 7 nitrogen and oxygen atoms in total. The second kappa shape index (κ2) is 7.17. The molecule has 0 bridgehead atoms. The van der Waals surface area contributed by atoms with E-state index in [1.165, 1.54) is 32.4 Å². The van der Waals surface area contributed by atoms with Crippen LogP contribution in [0.15, 0.2) is 22.7 Å². The first-order chi connectivity index (χ1) is 8.99. The summed E-state index contributed by atoms with van der Waals surface area (Å²) in [5, 5.41) is 13.3. The van der Waals surface area contributed by atoms with Crippen molar-refractivity contribution in [2.45, 2.75) is 6.29 Å². The van der Waals surface area contributed by atoms with Gasteiger partial charge in [0.2, 0.25) is 0 Å². The fourth-order valence-corrected chi connectivity index (χ4v) is 1.73. The molecule has 8 heteroatoms. The Morgan fingerprint density at radius 2 is 2.11 bits per heavy atom. The van der Waals surface area contributed by atoms with Crippen LogP contribution in [0.2, 0.25) is 0 Å². The number of nitrogens with one attached hydrogen (secondary N) is 1. The molecule has 19 heavy (non-hydrogen) atoms. The minimum Gasteiger partial charge on any atom is -0.354 e. The van der Waals surface area contributed by atoms with E-state index in [4.69, 9.17) is 9.47 Å². The molecular weight excluding hydrogens is 320 g/mol. The van der Waals surface area contributed by atoms with Crippen molar-refractivity contribution in [3.05, 3.63) is 38.3 Å². The summed E-state index contributed by atoms with van der Waals surface area (Å²) in [6.07, 6.45) is -0.561. The number of benzene rings is 1. The molecule has 0 saturated heterocycles. The maximum atomic E-state index is 11.8. The molecule has 1 aromatic carbocycles. The zero-order valence-electron chi connectivity index (χ0n) is 10.4. The van der Waals surface area contributed by atoms with Gasteiger partial charge in [-0.05, 0) is 28.1 Å². The van der Waals surface area contributed by atoms with Crippen LogP contribution >= 0.6 is 15.9 Å². The first-order valence-corrected chi connectivity index (χ1v) is 6.06. The number of amides is 1. The van der Waals surface area contributed by atoms with Crippen LogP contribution in [-0.2, 0) is 9.47 Å². The fraction of sp³-hybridized carbons (Fsp3) is 0.364. The van der Waals surface area contributed by atoms with Crippen LogP contribution in [0.4, 0.5) is 5.69 Å². The standard InChI is InChI=1S/C11H13BrN2O5/c1-18-10(19-2)6-13-11(15)7-3-4-8(12)9(5-7)14(16)17/h3-5,10H,6H2,1-2H3,(H,13,15). The number of carbonyl (C=O) groups is 1. The topological polar surface area (TPSA) is 90.7 Å². The van der Waals surface area contributed by atoms with E-state index in [1.807, 2.05) is 0 Å². The Morgan fingerprint density at radius 3 is 2.63 bits per heavy atom. The van der Waals surface area contributed by atoms with Crippen molar-refractivity contribution >= 4 is 27.5 Å². The van der Waals surface area contributed by atoms with Crippen molar-refractivity contribution in [3.63, 3.8) is 0 Å². The van der Waals surface area contributed by atoms with Crippen LogP contribution in [0.3, 0.4) is 0 Å². The summed E-state index contributed by atoms with van der Waals surface area (Å²) in [7, 11) is 2.90. The zero-order chi connectivity index (χ0) is 14.4. The molecule has 0 unspecified atom stereocenters. The van der Waals surface area contributed by atoms with Crippen LogP contribution in [0.1, 0.15) is 10.4 Å². The second-order valence-electron chi connectivity index (χ2n) is 3.53. The highest BCUT2D eigenvalue weighted by atomic mass is 79.9. The van der Waals surface area contributed by atoms with E-state index in [0.717, 1.165) is 0 Å². The SMILES string of the molecule is COC(CNC(=O)c1ccc(Br)c([N+](=O)[O-])c1)OC. The van der Waals surface area contributed by atoms with Gasteiger partial charge in [-0.15, -0.1) is 0 Å². The van der Waals surface area contributed by atoms with Gasteiger partial charge in [0.1, 0.15) is 0 Å². The van der Waals surface area contributed by atoms with Crippen LogP contribution in [0, 0.1) is 10.1 Å². The van der Waals surface area contributed by atoms with Crippen molar-refractivity contribution in [1.29, 1.82) is 0 Å². The van der Waals surface area contributed by atoms with Gasteiger partial charge in [0.05, 0.1) is 15.9 Å². The van der Waals surface area contributed by atoms with E-state index in [1.54, 1.807) is 0 Å². The van der Waals surface area contributed by atoms with Gasteiger partial charge in [-0.2, -0.15) is 0 Å². The van der Waals surface area contributed by atoms with Crippen molar-refractivity contribution in [3.8, 4) is 0 Å².